The molecule has 1 aromatic heterocycles. The number of pyridine rings is 1. The van der Waals surface area contributed by atoms with Crippen LogP contribution in [0.3, 0.4) is 0 Å². The zero-order chi connectivity index (χ0) is 6.85. The summed E-state index contributed by atoms with van der Waals surface area (Å²) in [5.74, 6) is 0. The summed E-state index contributed by atoms with van der Waals surface area (Å²) in [5, 5.41) is 10.8. The lowest BCUT2D eigenvalue weighted by molar-refractivity contribution is -0.603. The largest absolute Gasteiger partial charge is 0.618 e. The number of nitrogens with zero attached hydrogens (tertiary/aromatic N) is 1. The van der Waals surface area contributed by atoms with Gasteiger partial charge in [-0.15, -0.1) is 0 Å². The van der Waals surface area contributed by atoms with Crippen molar-refractivity contribution in [2.75, 3.05) is 0 Å². The van der Waals surface area contributed by atoms with E-state index >= 15 is 0 Å². The normalized spacial score (nSPS) is 9.56. The van der Waals surface area contributed by atoms with Gasteiger partial charge in [0.25, 0.3) is 5.15 Å². The number of hydrogen-bond donors (Lipinski definition) is 0. The second-order valence-electron chi connectivity index (χ2n) is 1.69. The molecule has 1 aromatic rings. The lowest BCUT2D eigenvalue weighted by Gasteiger charge is -1.96. The highest BCUT2D eigenvalue weighted by molar-refractivity contribution is 6.28. The van der Waals surface area contributed by atoms with Crippen LogP contribution in [0.2, 0.25) is 5.15 Å². The molecule has 0 saturated heterocycles. The van der Waals surface area contributed by atoms with Gasteiger partial charge in [-0.1, -0.05) is 0 Å². The van der Waals surface area contributed by atoms with Gasteiger partial charge >= 0.3 is 0 Å². The number of halogens is 1. The maximum absolute atomic E-state index is 10.6. The average Bonchev–Trinajstić information content (AvgIpc) is 1.80. The Morgan fingerprint density at radius 3 is 2.67 bits per heavy atom. The zero-order valence-electron chi connectivity index (χ0n) is 4.67. The third-order valence-corrected chi connectivity index (χ3v) is 1.22. The predicted octanol–water partition coefficient (Wildman–Crippen LogP) is 1.16. The highest BCUT2D eigenvalue weighted by Gasteiger charge is 1.97. The Labute approximate surface area is 58.3 Å². The van der Waals surface area contributed by atoms with Crippen molar-refractivity contribution in [1.82, 2.24) is 0 Å². The highest BCUT2D eigenvalue weighted by Crippen LogP contribution is 2.00. The third kappa shape index (κ3) is 1.33. The molecule has 2 nitrogen and oxygen atoms in total. The minimum Gasteiger partial charge on any atom is -0.618 e. The van der Waals surface area contributed by atoms with Gasteiger partial charge in [0.15, 0.2) is 6.20 Å². The number of rotatable bonds is 0. The monoisotopic (exact) mass is 142 g/mol. The molecule has 3 heteroatoms. The second-order valence-corrected chi connectivity index (χ2v) is 2.07. The van der Waals surface area contributed by atoms with Crippen LogP contribution in [-0.4, -0.2) is 0 Å². The molecule has 0 atom stereocenters. The predicted molar refractivity (Wildman–Crippen MR) is 34.9 cm³/mol. The van der Waals surface area contributed by atoms with Crippen LogP contribution in [0.5, 0.6) is 0 Å². The van der Waals surface area contributed by atoms with Crippen molar-refractivity contribution < 1.29 is 4.73 Å². The number of aromatic nitrogens is 1. The molecule has 47 valence electrons. The van der Waals surface area contributed by atoms with Gasteiger partial charge in [-0.2, -0.15) is 4.73 Å². The maximum atomic E-state index is 10.6. The third-order valence-electron chi connectivity index (χ3n) is 0.929. The van der Waals surface area contributed by atoms with E-state index in [9.17, 15) is 5.21 Å². The summed E-state index contributed by atoms with van der Waals surface area (Å²) in [6, 6.07) is 3.19. The Morgan fingerprint density at radius 1 is 1.56 bits per heavy atom. The minimum atomic E-state index is 0.169. The molecule has 0 aliphatic carbocycles. The SMILES string of the molecule is [CH2]c1ccc(Cl)[n+]([O-])c1. The molecule has 1 radical (unpaired) electrons. The molecule has 0 aromatic carbocycles. The van der Waals surface area contributed by atoms with E-state index in [4.69, 9.17) is 11.6 Å². The molecule has 0 unspecified atom stereocenters. The molecule has 0 N–H and O–H groups in total. The van der Waals surface area contributed by atoms with Gasteiger partial charge in [0.2, 0.25) is 0 Å². The molecule has 1 rings (SSSR count). The van der Waals surface area contributed by atoms with Gasteiger partial charge in [-0.25, -0.2) is 0 Å². The highest BCUT2D eigenvalue weighted by atomic mass is 35.5. The molecular weight excluding hydrogens is 138 g/mol. The van der Waals surface area contributed by atoms with Gasteiger partial charge in [0.05, 0.1) is 0 Å². The summed E-state index contributed by atoms with van der Waals surface area (Å²) in [6.07, 6.45) is 1.32. The molecule has 1 heterocycles. The Bertz CT molecular complexity index is 224. The Balaban J connectivity index is 3.17. The Hall–Kier alpha value is -0.760. The average molecular weight is 143 g/mol. The van der Waals surface area contributed by atoms with E-state index in [2.05, 4.69) is 6.92 Å². The first-order chi connectivity index (χ1) is 4.20. The molecule has 0 aliphatic rings. The van der Waals surface area contributed by atoms with Gasteiger partial charge in [0, 0.05) is 11.6 Å². The molecule has 0 saturated carbocycles. The first-order valence-electron chi connectivity index (χ1n) is 2.41. The maximum Gasteiger partial charge on any atom is 0.286 e. The summed E-state index contributed by atoms with van der Waals surface area (Å²) < 4.78 is 0.573. The van der Waals surface area contributed by atoms with Crippen LogP contribution in [0.1, 0.15) is 5.56 Å². The van der Waals surface area contributed by atoms with E-state index in [1.807, 2.05) is 0 Å². The van der Waals surface area contributed by atoms with Gasteiger partial charge in [-0.05, 0) is 24.6 Å². The van der Waals surface area contributed by atoms with Crippen LogP contribution >= 0.6 is 11.6 Å². The van der Waals surface area contributed by atoms with Crippen LogP contribution in [0, 0.1) is 12.1 Å². The van der Waals surface area contributed by atoms with E-state index in [0.717, 1.165) is 0 Å². The van der Waals surface area contributed by atoms with Gasteiger partial charge in [0.1, 0.15) is 0 Å². The molecule has 9 heavy (non-hydrogen) atoms. The summed E-state index contributed by atoms with van der Waals surface area (Å²) in [5.41, 5.74) is 0.661. The minimum absolute atomic E-state index is 0.169. The van der Waals surface area contributed by atoms with Crippen LogP contribution in [0.4, 0.5) is 0 Å². The number of hydrogen-bond acceptors (Lipinski definition) is 1. The molecule has 0 aliphatic heterocycles. The van der Waals surface area contributed by atoms with E-state index in [1.165, 1.54) is 12.3 Å². The van der Waals surface area contributed by atoms with Crippen molar-refractivity contribution in [3.8, 4) is 0 Å². The molecule has 0 bridgehead atoms. The molecular formula is C6H5ClNO. The van der Waals surface area contributed by atoms with Crippen LogP contribution in [0.15, 0.2) is 18.3 Å². The Morgan fingerprint density at radius 2 is 2.22 bits per heavy atom. The van der Waals surface area contributed by atoms with Crippen molar-refractivity contribution in [2.45, 2.75) is 0 Å². The van der Waals surface area contributed by atoms with Crippen molar-refractivity contribution in [2.24, 2.45) is 0 Å². The van der Waals surface area contributed by atoms with E-state index in [-0.39, 0.29) is 5.15 Å². The molecule has 0 amide bonds. The van der Waals surface area contributed by atoms with Gasteiger partial charge in [-0.3, -0.25) is 0 Å². The summed E-state index contributed by atoms with van der Waals surface area (Å²) in [7, 11) is 0. The van der Waals surface area contributed by atoms with E-state index in [1.54, 1.807) is 6.07 Å². The summed E-state index contributed by atoms with van der Waals surface area (Å²) in [4.78, 5) is 0. The quantitative estimate of drug-likeness (QED) is 0.303. The topological polar surface area (TPSA) is 26.9 Å². The lowest BCUT2D eigenvalue weighted by atomic mass is 10.3. The second kappa shape index (κ2) is 2.23. The zero-order valence-corrected chi connectivity index (χ0v) is 5.43. The summed E-state index contributed by atoms with van der Waals surface area (Å²) >= 11 is 5.40. The van der Waals surface area contributed by atoms with E-state index < -0.39 is 0 Å². The van der Waals surface area contributed by atoms with Gasteiger partial charge < -0.3 is 5.21 Å². The van der Waals surface area contributed by atoms with E-state index in [0.29, 0.717) is 10.3 Å². The van der Waals surface area contributed by atoms with Crippen LogP contribution < -0.4 is 4.73 Å². The smallest absolute Gasteiger partial charge is 0.286 e. The fourth-order valence-electron chi connectivity index (χ4n) is 0.505. The van der Waals surface area contributed by atoms with Crippen LogP contribution in [0.25, 0.3) is 0 Å². The lowest BCUT2D eigenvalue weighted by Crippen LogP contribution is -2.26. The van der Waals surface area contributed by atoms with Crippen molar-refractivity contribution in [1.29, 1.82) is 0 Å². The van der Waals surface area contributed by atoms with Crippen molar-refractivity contribution >= 4 is 11.6 Å². The fraction of sp³-hybridized carbons (Fsp3) is 0. The Kier molecular flexibility index (Phi) is 1.58. The first kappa shape index (κ1) is 6.36. The van der Waals surface area contributed by atoms with Crippen molar-refractivity contribution in [3.63, 3.8) is 0 Å². The summed E-state index contributed by atoms with van der Waals surface area (Å²) in [6.45, 7) is 3.54. The van der Waals surface area contributed by atoms with Crippen LogP contribution in [-0.2, 0) is 0 Å². The molecule has 0 spiro atoms. The molecule has 0 fully saturated rings. The first-order valence-corrected chi connectivity index (χ1v) is 2.78. The standard InChI is InChI=1S/C6H5ClNO/c1-5-2-3-6(7)8(9)4-5/h2-4H,1H2. The van der Waals surface area contributed by atoms with Crippen molar-refractivity contribution in [3.05, 3.63) is 41.2 Å². The fourth-order valence-corrected chi connectivity index (χ4v) is 0.616.